The van der Waals surface area contributed by atoms with Crippen molar-refractivity contribution in [1.29, 1.82) is 0 Å². The van der Waals surface area contributed by atoms with Crippen molar-refractivity contribution in [3.05, 3.63) is 59.2 Å². The number of esters is 1. The van der Waals surface area contributed by atoms with Crippen LogP contribution in [-0.4, -0.2) is 44.9 Å². The highest BCUT2D eigenvalue weighted by molar-refractivity contribution is 7.89. The van der Waals surface area contributed by atoms with Gasteiger partial charge >= 0.3 is 5.97 Å². The number of hydrogen-bond donors (Lipinski definition) is 0. The summed E-state index contributed by atoms with van der Waals surface area (Å²) in [5, 5.41) is 0. The van der Waals surface area contributed by atoms with E-state index in [1.165, 1.54) is 10.4 Å². The van der Waals surface area contributed by atoms with E-state index in [-0.39, 0.29) is 11.5 Å². The molecule has 2 aromatic carbocycles. The van der Waals surface area contributed by atoms with Crippen molar-refractivity contribution in [2.75, 3.05) is 31.1 Å². The molecule has 1 fully saturated rings. The molecule has 0 saturated carbocycles. The molecule has 0 amide bonds. The van der Waals surface area contributed by atoms with Gasteiger partial charge in [0.2, 0.25) is 10.0 Å². The Kier molecular flexibility index (Phi) is 7.15. The summed E-state index contributed by atoms with van der Waals surface area (Å²) in [7, 11) is -3.66. The van der Waals surface area contributed by atoms with E-state index in [1.54, 1.807) is 26.0 Å². The minimum absolute atomic E-state index is 0.122. The van der Waals surface area contributed by atoms with Crippen molar-refractivity contribution < 1.29 is 17.9 Å². The van der Waals surface area contributed by atoms with Crippen molar-refractivity contribution in [2.24, 2.45) is 0 Å². The van der Waals surface area contributed by atoms with Crippen LogP contribution in [0.5, 0.6) is 0 Å². The van der Waals surface area contributed by atoms with Crippen LogP contribution in [0.2, 0.25) is 0 Å². The monoisotopic (exact) mass is 430 g/mol. The molecule has 0 spiro atoms. The van der Waals surface area contributed by atoms with Gasteiger partial charge in [0, 0.05) is 26.2 Å². The third-order valence-electron chi connectivity index (χ3n) is 5.47. The second-order valence-electron chi connectivity index (χ2n) is 7.52. The lowest BCUT2D eigenvalue weighted by molar-refractivity contribution is 0.0473. The minimum Gasteiger partial charge on any atom is -0.457 e. The molecule has 0 aliphatic carbocycles. The lowest BCUT2D eigenvalue weighted by Crippen LogP contribution is -2.31. The Balaban J connectivity index is 1.92. The van der Waals surface area contributed by atoms with Crippen molar-refractivity contribution in [2.45, 2.75) is 45.1 Å². The Morgan fingerprint density at radius 3 is 2.27 bits per heavy atom. The molecule has 30 heavy (non-hydrogen) atoms. The van der Waals surface area contributed by atoms with Gasteiger partial charge in [-0.25, -0.2) is 13.2 Å². The van der Waals surface area contributed by atoms with Crippen molar-refractivity contribution in [3.8, 4) is 0 Å². The number of carbonyl (C=O) groups is 1. The highest BCUT2D eigenvalue weighted by atomic mass is 32.2. The summed E-state index contributed by atoms with van der Waals surface area (Å²) < 4.78 is 32.9. The minimum atomic E-state index is -3.66. The molecule has 0 bridgehead atoms. The molecule has 1 aliphatic heterocycles. The Labute approximate surface area is 179 Å². The van der Waals surface area contributed by atoms with E-state index in [4.69, 9.17) is 4.74 Å². The van der Waals surface area contributed by atoms with Crippen molar-refractivity contribution >= 4 is 21.7 Å². The third kappa shape index (κ3) is 4.84. The molecule has 0 atom stereocenters. The van der Waals surface area contributed by atoms with Gasteiger partial charge in [0.15, 0.2) is 0 Å². The SMILES string of the molecule is CCN(CC)S(=O)(=O)c1ccc(N2CCCC2)c(C(=O)OCc2ccc(C)cc2)c1. The van der Waals surface area contributed by atoms with E-state index < -0.39 is 16.0 Å². The molecule has 2 aromatic rings. The maximum atomic E-state index is 13.0. The normalized spacial score (nSPS) is 14.3. The number of benzene rings is 2. The van der Waals surface area contributed by atoms with Gasteiger partial charge in [-0.15, -0.1) is 0 Å². The Morgan fingerprint density at radius 1 is 1.03 bits per heavy atom. The van der Waals surface area contributed by atoms with Gasteiger partial charge in [-0.1, -0.05) is 43.7 Å². The standard InChI is InChI=1S/C23H30N2O4S/c1-4-25(5-2)30(27,28)20-12-13-22(24-14-6-7-15-24)21(16-20)23(26)29-17-19-10-8-18(3)9-11-19/h8-13,16H,4-7,14-15,17H2,1-3H3. The summed E-state index contributed by atoms with van der Waals surface area (Å²) >= 11 is 0. The molecule has 0 N–H and O–H groups in total. The van der Waals surface area contributed by atoms with Crippen LogP contribution in [0.4, 0.5) is 5.69 Å². The molecule has 1 aliphatic rings. The highest BCUT2D eigenvalue weighted by Crippen LogP contribution is 2.29. The lowest BCUT2D eigenvalue weighted by atomic mass is 10.1. The number of nitrogens with zero attached hydrogens (tertiary/aromatic N) is 2. The van der Waals surface area contributed by atoms with Crippen LogP contribution in [0.3, 0.4) is 0 Å². The van der Waals surface area contributed by atoms with E-state index in [2.05, 4.69) is 4.90 Å². The van der Waals surface area contributed by atoms with Gasteiger partial charge in [-0.2, -0.15) is 4.31 Å². The van der Waals surface area contributed by atoms with Crippen LogP contribution in [0.15, 0.2) is 47.4 Å². The van der Waals surface area contributed by atoms with Gasteiger partial charge in [-0.3, -0.25) is 0 Å². The lowest BCUT2D eigenvalue weighted by Gasteiger charge is -2.23. The second-order valence-corrected chi connectivity index (χ2v) is 9.46. The first-order chi connectivity index (χ1) is 14.4. The number of rotatable bonds is 8. The zero-order chi connectivity index (χ0) is 21.7. The van der Waals surface area contributed by atoms with Crippen LogP contribution in [-0.2, 0) is 21.4 Å². The predicted molar refractivity (Wildman–Crippen MR) is 118 cm³/mol. The maximum absolute atomic E-state index is 13.0. The van der Waals surface area contributed by atoms with Gasteiger partial charge in [0.05, 0.1) is 16.1 Å². The van der Waals surface area contributed by atoms with Gasteiger partial charge in [-0.05, 0) is 43.5 Å². The number of aryl methyl sites for hydroxylation is 1. The Hall–Kier alpha value is -2.38. The number of anilines is 1. The summed E-state index contributed by atoms with van der Waals surface area (Å²) in [5.41, 5.74) is 3.07. The Morgan fingerprint density at radius 2 is 1.67 bits per heavy atom. The number of sulfonamides is 1. The van der Waals surface area contributed by atoms with Crippen LogP contribution in [0.1, 0.15) is 48.2 Å². The molecule has 6 nitrogen and oxygen atoms in total. The number of hydrogen-bond acceptors (Lipinski definition) is 5. The highest BCUT2D eigenvalue weighted by Gasteiger charge is 2.27. The summed E-state index contributed by atoms with van der Waals surface area (Å²) in [6.07, 6.45) is 2.11. The summed E-state index contributed by atoms with van der Waals surface area (Å²) in [6, 6.07) is 12.6. The first-order valence-electron chi connectivity index (χ1n) is 10.5. The molecule has 162 valence electrons. The van der Waals surface area contributed by atoms with E-state index in [1.807, 2.05) is 31.2 Å². The summed E-state index contributed by atoms with van der Waals surface area (Å²) in [4.78, 5) is 15.2. The van der Waals surface area contributed by atoms with Crippen LogP contribution >= 0.6 is 0 Å². The topological polar surface area (TPSA) is 66.9 Å². The molecule has 0 radical (unpaired) electrons. The van der Waals surface area contributed by atoms with Crippen LogP contribution in [0.25, 0.3) is 0 Å². The molecular formula is C23H30N2O4S. The van der Waals surface area contributed by atoms with Crippen LogP contribution in [0, 0.1) is 6.92 Å². The largest absolute Gasteiger partial charge is 0.457 e. The molecule has 1 heterocycles. The first kappa shape index (κ1) is 22.3. The average Bonchev–Trinajstić information content (AvgIpc) is 3.28. The Bertz CT molecular complexity index is 977. The molecule has 0 aromatic heterocycles. The van der Waals surface area contributed by atoms with Gasteiger partial charge < -0.3 is 9.64 Å². The molecular weight excluding hydrogens is 400 g/mol. The summed E-state index contributed by atoms with van der Waals surface area (Å²) in [6.45, 7) is 8.19. The number of ether oxygens (including phenoxy) is 1. The van der Waals surface area contributed by atoms with Gasteiger partial charge in [0.1, 0.15) is 6.61 Å². The molecule has 1 saturated heterocycles. The van der Waals surface area contributed by atoms with E-state index in [9.17, 15) is 13.2 Å². The smallest absolute Gasteiger partial charge is 0.340 e. The van der Waals surface area contributed by atoms with Crippen molar-refractivity contribution in [1.82, 2.24) is 4.31 Å². The second kappa shape index (κ2) is 9.62. The fourth-order valence-electron chi connectivity index (χ4n) is 3.70. The number of carbonyl (C=O) groups excluding carboxylic acids is 1. The predicted octanol–water partition coefficient (Wildman–Crippen LogP) is 3.98. The quantitative estimate of drug-likeness (QED) is 0.593. The van der Waals surface area contributed by atoms with Crippen molar-refractivity contribution in [3.63, 3.8) is 0 Å². The summed E-state index contributed by atoms with van der Waals surface area (Å²) in [5.74, 6) is -0.505. The van der Waals surface area contributed by atoms with Gasteiger partial charge in [0.25, 0.3) is 0 Å². The fraction of sp³-hybridized carbons (Fsp3) is 0.435. The fourth-order valence-corrected chi connectivity index (χ4v) is 5.18. The zero-order valence-electron chi connectivity index (χ0n) is 17.9. The van der Waals surface area contributed by atoms with E-state index >= 15 is 0 Å². The van der Waals surface area contributed by atoms with Crippen LogP contribution < -0.4 is 4.90 Å². The first-order valence-corrected chi connectivity index (χ1v) is 11.9. The molecule has 3 rings (SSSR count). The maximum Gasteiger partial charge on any atom is 0.340 e. The third-order valence-corrected chi connectivity index (χ3v) is 7.51. The molecule has 0 unspecified atom stereocenters. The zero-order valence-corrected chi connectivity index (χ0v) is 18.7. The molecule has 7 heteroatoms. The van der Waals surface area contributed by atoms with E-state index in [0.717, 1.165) is 42.7 Å². The average molecular weight is 431 g/mol. The van der Waals surface area contributed by atoms with E-state index in [0.29, 0.717) is 18.7 Å².